The maximum absolute atomic E-state index is 12.3. The molecule has 27 heavy (non-hydrogen) atoms. The molecule has 0 aliphatic rings. The minimum Gasteiger partial charge on any atom is -0.452 e. The first-order valence-electron chi connectivity index (χ1n) is 8.37. The zero-order valence-electron chi connectivity index (χ0n) is 15.4. The van der Waals surface area contributed by atoms with Gasteiger partial charge in [0, 0.05) is 12.2 Å². The third-order valence-corrected chi connectivity index (χ3v) is 5.37. The molecule has 0 atom stereocenters. The van der Waals surface area contributed by atoms with E-state index in [1.165, 1.54) is 18.2 Å². The highest BCUT2D eigenvalue weighted by molar-refractivity contribution is 7.89. The molecule has 7 nitrogen and oxygen atoms in total. The SMILES string of the molecule is CCNS(=O)(=O)c1ccc(C)c(C(=O)OCC(=O)Nc2ccccc2C)c1. The van der Waals surface area contributed by atoms with Crippen molar-refractivity contribution >= 4 is 27.6 Å². The Hall–Kier alpha value is -2.71. The highest BCUT2D eigenvalue weighted by Gasteiger charge is 2.19. The van der Waals surface area contributed by atoms with Crippen LogP contribution in [0.1, 0.15) is 28.4 Å². The molecule has 0 saturated carbocycles. The van der Waals surface area contributed by atoms with Gasteiger partial charge in [0.1, 0.15) is 0 Å². The minimum absolute atomic E-state index is 0.0359. The Balaban J connectivity index is 2.07. The van der Waals surface area contributed by atoms with Gasteiger partial charge in [-0.3, -0.25) is 4.79 Å². The van der Waals surface area contributed by atoms with Crippen LogP contribution in [0, 0.1) is 13.8 Å². The maximum atomic E-state index is 12.3. The van der Waals surface area contributed by atoms with Gasteiger partial charge in [-0.15, -0.1) is 0 Å². The second-order valence-electron chi connectivity index (χ2n) is 5.92. The number of sulfonamides is 1. The smallest absolute Gasteiger partial charge is 0.338 e. The van der Waals surface area contributed by atoms with Crippen molar-refractivity contribution < 1.29 is 22.7 Å². The highest BCUT2D eigenvalue weighted by Crippen LogP contribution is 2.17. The summed E-state index contributed by atoms with van der Waals surface area (Å²) in [5.41, 5.74) is 2.16. The van der Waals surface area contributed by atoms with E-state index in [0.29, 0.717) is 11.3 Å². The first-order valence-corrected chi connectivity index (χ1v) is 9.86. The number of anilines is 1. The molecule has 0 aliphatic carbocycles. The van der Waals surface area contributed by atoms with E-state index in [2.05, 4.69) is 10.0 Å². The Bertz CT molecular complexity index is 954. The molecule has 0 unspecified atom stereocenters. The third kappa shape index (κ3) is 5.38. The number of ether oxygens (including phenoxy) is 1. The number of carbonyl (C=O) groups excluding carboxylic acids is 2. The summed E-state index contributed by atoms with van der Waals surface area (Å²) in [5.74, 6) is -1.24. The molecule has 0 aliphatic heterocycles. The van der Waals surface area contributed by atoms with Crippen LogP contribution in [0.3, 0.4) is 0 Å². The summed E-state index contributed by atoms with van der Waals surface area (Å²) in [4.78, 5) is 24.3. The van der Waals surface area contributed by atoms with Crippen molar-refractivity contribution in [2.75, 3.05) is 18.5 Å². The van der Waals surface area contributed by atoms with Gasteiger partial charge in [0.2, 0.25) is 10.0 Å². The lowest BCUT2D eigenvalue weighted by Crippen LogP contribution is -2.24. The van der Waals surface area contributed by atoms with Crippen LogP contribution in [0.4, 0.5) is 5.69 Å². The number of benzene rings is 2. The molecule has 0 fully saturated rings. The van der Waals surface area contributed by atoms with Crippen molar-refractivity contribution in [3.05, 3.63) is 59.2 Å². The van der Waals surface area contributed by atoms with Crippen LogP contribution in [0.5, 0.6) is 0 Å². The van der Waals surface area contributed by atoms with Crippen molar-refractivity contribution in [3.63, 3.8) is 0 Å². The van der Waals surface area contributed by atoms with Gasteiger partial charge in [0.15, 0.2) is 6.61 Å². The van der Waals surface area contributed by atoms with Crippen LogP contribution in [-0.4, -0.2) is 33.4 Å². The van der Waals surface area contributed by atoms with E-state index < -0.39 is 28.5 Å². The zero-order chi connectivity index (χ0) is 20.0. The second-order valence-corrected chi connectivity index (χ2v) is 7.68. The molecule has 2 aromatic carbocycles. The summed E-state index contributed by atoms with van der Waals surface area (Å²) in [5, 5.41) is 2.66. The van der Waals surface area contributed by atoms with Crippen molar-refractivity contribution in [1.82, 2.24) is 4.72 Å². The van der Waals surface area contributed by atoms with Gasteiger partial charge in [-0.2, -0.15) is 0 Å². The molecule has 2 rings (SSSR count). The quantitative estimate of drug-likeness (QED) is 0.707. The fourth-order valence-corrected chi connectivity index (χ4v) is 3.44. The van der Waals surface area contributed by atoms with E-state index in [4.69, 9.17) is 4.74 Å². The Labute approximate surface area is 158 Å². The van der Waals surface area contributed by atoms with Gasteiger partial charge < -0.3 is 10.1 Å². The van der Waals surface area contributed by atoms with Gasteiger partial charge in [0.05, 0.1) is 10.5 Å². The molecule has 0 saturated heterocycles. The maximum Gasteiger partial charge on any atom is 0.338 e. The number of amides is 1. The van der Waals surface area contributed by atoms with Gasteiger partial charge in [0.25, 0.3) is 5.91 Å². The number of hydrogen-bond acceptors (Lipinski definition) is 5. The summed E-state index contributed by atoms with van der Waals surface area (Å²) >= 11 is 0. The molecule has 0 heterocycles. The Morgan fingerprint density at radius 1 is 1.04 bits per heavy atom. The number of rotatable bonds is 7. The summed E-state index contributed by atoms with van der Waals surface area (Å²) in [6, 6.07) is 11.4. The topological polar surface area (TPSA) is 102 Å². The van der Waals surface area contributed by atoms with Crippen LogP contribution in [-0.2, 0) is 19.6 Å². The van der Waals surface area contributed by atoms with E-state index in [1.54, 1.807) is 26.0 Å². The summed E-state index contributed by atoms with van der Waals surface area (Å²) in [7, 11) is -3.70. The number of esters is 1. The highest BCUT2D eigenvalue weighted by atomic mass is 32.2. The Morgan fingerprint density at radius 3 is 2.41 bits per heavy atom. The standard InChI is InChI=1S/C19H22N2O5S/c1-4-20-27(24,25)15-10-9-13(2)16(11-15)19(23)26-12-18(22)21-17-8-6-5-7-14(17)3/h5-11,20H,4,12H2,1-3H3,(H,21,22). The van der Waals surface area contributed by atoms with Crippen molar-refractivity contribution in [3.8, 4) is 0 Å². The minimum atomic E-state index is -3.70. The normalized spacial score (nSPS) is 11.1. The van der Waals surface area contributed by atoms with E-state index in [0.717, 1.165) is 5.56 Å². The molecule has 8 heteroatoms. The Kier molecular flexibility index (Phi) is 6.70. The number of hydrogen-bond donors (Lipinski definition) is 2. The van der Waals surface area contributed by atoms with Gasteiger partial charge in [-0.05, 0) is 43.2 Å². The van der Waals surface area contributed by atoms with Crippen molar-refractivity contribution in [1.29, 1.82) is 0 Å². The first-order chi connectivity index (χ1) is 12.7. The van der Waals surface area contributed by atoms with Crippen LogP contribution < -0.4 is 10.0 Å². The summed E-state index contributed by atoms with van der Waals surface area (Å²) < 4.78 is 31.6. The predicted molar refractivity (Wildman–Crippen MR) is 102 cm³/mol. The van der Waals surface area contributed by atoms with E-state index >= 15 is 0 Å². The molecule has 0 spiro atoms. The molecular weight excluding hydrogens is 368 g/mol. The molecule has 0 aromatic heterocycles. The fourth-order valence-electron chi connectivity index (χ4n) is 2.37. The Morgan fingerprint density at radius 2 is 1.74 bits per heavy atom. The molecule has 2 aromatic rings. The van der Waals surface area contributed by atoms with Crippen LogP contribution in [0.15, 0.2) is 47.4 Å². The van der Waals surface area contributed by atoms with E-state index in [9.17, 15) is 18.0 Å². The van der Waals surface area contributed by atoms with Crippen molar-refractivity contribution in [2.45, 2.75) is 25.7 Å². The van der Waals surface area contributed by atoms with Gasteiger partial charge in [-0.25, -0.2) is 17.9 Å². The van der Waals surface area contributed by atoms with Gasteiger partial charge in [-0.1, -0.05) is 31.2 Å². The van der Waals surface area contributed by atoms with Crippen LogP contribution in [0.25, 0.3) is 0 Å². The van der Waals surface area contributed by atoms with Crippen LogP contribution >= 0.6 is 0 Å². The molecule has 2 N–H and O–H groups in total. The largest absolute Gasteiger partial charge is 0.452 e. The zero-order valence-corrected chi connectivity index (χ0v) is 16.2. The molecular formula is C19H22N2O5S. The molecule has 0 radical (unpaired) electrons. The number of para-hydroxylation sites is 1. The van der Waals surface area contributed by atoms with Crippen molar-refractivity contribution in [2.24, 2.45) is 0 Å². The number of nitrogens with one attached hydrogen (secondary N) is 2. The third-order valence-electron chi connectivity index (χ3n) is 3.83. The molecule has 1 amide bonds. The lowest BCUT2D eigenvalue weighted by atomic mass is 10.1. The number of aryl methyl sites for hydroxylation is 2. The van der Waals surface area contributed by atoms with Crippen LogP contribution in [0.2, 0.25) is 0 Å². The lowest BCUT2D eigenvalue weighted by molar-refractivity contribution is -0.119. The average molecular weight is 390 g/mol. The summed E-state index contributed by atoms with van der Waals surface area (Å²) in [6.45, 7) is 4.93. The van der Waals surface area contributed by atoms with Gasteiger partial charge >= 0.3 is 5.97 Å². The second kappa shape index (κ2) is 8.79. The number of carbonyl (C=O) groups is 2. The van der Waals surface area contributed by atoms with E-state index in [1.807, 2.05) is 19.1 Å². The fraction of sp³-hybridized carbons (Fsp3) is 0.263. The monoisotopic (exact) mass is 390 g/mol. The molecule has 0 bridgehead atoms. The van der Waals surface area contributed by atoms with E-state index in [-0.39, 0.29) is 17.0 Å². The lowest BCUT2D eigenvalue weighted by Gasteiger charge is -2.11. The predicted octanol–water partition coefficient (Wildman–Crippen LogP) is 2.40. The molecule has 144 valence electrons. The summed E-state index contributed by atoms with van der Waals surface area (Å²) in [6.07, 6.45) is 0. The first kappa shape index (κ1) is 20.6. The average Bonchev–Trinajstić information content (AvgIpc) is 2.62.